The lowest BCUT2D eigenvalue weighted by Crippen LogP contribution is -2.23. The van der Waals surface area contributed by atoms with Gasteiger partial charge in [0, 0.05) is 11.0 Å². The lowest BCUT2D eigenvalue weighted by molar-refractivity contribution is 0.0843. The maximum Gasteiger partial charge on any atom is 0.169 e. The Kier molecular flexibility index (Phi) is 2.34. The Bertz CT molecular complexity index is 383. The Morgan fingerprint density at radius 3 is 2.25 bits per heavy atom. The van der Waals surface area contributed by atoms with Gasteiger partial charge in [0.2, 0.25) is 0 Å². The molecule has 2 saturated carbocycles. The highest BCUT2D eigenvalue weighted by Gasteiger charge is 2.55. The molecule has 0 aromatic heterocycles. The molecule has 0 heterocycles. The molecule has 0 bridgehead atoms. The summed E-state index contributed by atoms with van der Waals surface area (Å²) in [7, 11) is 0. The highest BCUT2D eigenvalue weighted by molar-refractivity contribution is 6.02. The van der Waals surface area contributed by atoms with Crippen LogP contribution in [0.5, 0.6) is 0 Å². The van der Waals surface area contributed by atoms with Gasteiger partial charge in [-0.3, -0.25) is 4.79 Å². The molecule has 0 radical (unpaired) electrons. The van der Waals surface area contributed by atoms with E-state index < -0.39 is 0 Å². The highest BCUT2D eigenvalue weighted by Crippen LogP contribution is 2.58. The molecule has 3 rings (SSSR count). The molecule has 0 aliphatic heterocycles. The fourth-order valence-corrected chi connectivity index (χ4v) is 3.31. The van der Waals surface area contributed by atoms with E-state index in [1.54, 1.807) is 0 Å². The second kappa shape index (κ2) is 3.73. The summed E-state index contributed by atoms with van der Waals surface area (Å²) in [6.07, 6.45) is 7.47. The van der Waals surface area contributed by atoms with Crippen LogP contribution in [0.3, 0.4) is 0 Å². The molecular formula is C15H18O. The second-order valence-electron chi connectivity index (χ2n) is 5.33. The Morgan fingerprint density at radius 1 is 1.06 bits per heavy atom. The zero-order valence-electron chi connectivity index (χ0n) is 9.61. The van der Waals surface area contributed by atoms with E-state index >= 15 is 0 Å². The summed E-state index contributed by atoms with van der Waals surface area (Å²) in [6, 6.07) is 9.86. The molecule has 16 heavy (non-hydrogen) atoms. The van der Waals surface area contributed by atoms with Crippen LogP contribution in [0, 0.1) is 11.3 Å². The van der Waals surface area contributed by atoms with Crippen molar-refractivity contribution in [1.29, 1.82) is 0 Å². The van der Waals surface area contributed by atoms with Crippen LogP contribution in [0.15, 0.2) is 30.3 Å². The minimum absolute atomic E-state index is 0.0534. The molecule has 2 aliphatic rings. The summed E-state index contributed by atoms with van der Waals surface area (Å²) >= 11 is 0. The van der Waals surface area contributed by atoms with Crippen LogP contribution in [0.25, 0.3) is 0 Å². The van der Waals surface area contributed by atoms with Crippen LogP contribution in [0.4, 0.5) is 0 Å². The molecule has 2 fully saturated rings. The summed E-state index contributed by atoms with van der Waals surface area (Å²) in [5.74, 6) is 1.10. The van der Waals surface area contributed by atoms with Gasteiger partial charge in [0.05, 0.1) is 0 Å². The van der Waals surface area contributed by atoms with Crippen LogP contribution in [-0.2, 0) is 0 Å². The van der Waals surface area contributed by atoms with E-state index in [1.807, 2.05) is 30.3 Å². The molecule has 84 valence electrons. The fraction of sp³-hybridized carbons (Fsp3) is 0.533. The first-order chi connectivity index (χ1) is 7.83. The Morgan fingerprint density at radius 2 is 1.69 bits per heavy atom. The monoisotopic (exact) mass is 214 g/mol. The summed E-state index contributed by atoms with van der Waals surface area (Å²) in [4.78, 5) is 12.5. The van der Waals surface area contributed by atoms with Crippen molar-refractivity contribution in [1.82, 2.24) is 0 Å². The van der Waals surface area contributed by atoms with Crippen molar-refractivity contribution in [3.63, 3.8) is 0 Å². The van der Waals surface area contributed by atoms with E-state index in [1.165, 1.54) is 25.7 Å². The molecule has 1 aromatic rings. The van der Waals surface area contributed by atoms with Crippen LogP contribution in [0.2, 0.25) is 0 Å². The van der Waals surface area contributed by atoms with Gasteiger partial charge >= 0.3 is 0 Å². The maximum absolute atomic E-state index is 12.5. The molecule has 0 N–H and O–H groups in total. The lowest BCUT2D eigenvalue weighted by atomic mass is 9.81. The smallest absolute Gasteiger partial charge is 0.169 e. The topological polar surface area (TPSA) is 17.1 Å². The molecule has 0 amide bonds. The van der Waals surface area contributed by atoms with Gasteiger partial charge in [-0.2, -0.15) is 0 Å². The van der Waals surface area contributed by atoms with Crippen molar-refractivity contribution in [3.8, 4) is 0 Å². The van der Waals surface area contributed by atoms with E-state index in [-0.39, 0.29) is 5.41 Å². The number of carbonyl (C=O) groups is 1. The van der Waals surface area contributed by atoms with Crippen LogP contribution >= 0.6 is 0 Å². The fourth-order valence-electron chi connectivity index (χ4n) is 3.31. The normalized spacial score (nSPS) is 23.2. The van der Waals surface area contributed by atoms with Gasteiger partial charge in [-0.1, -0.05) is 43.2 Å². The predicted octanol–water partition coefficient (Wildman–Crippen LogP) is 3.84. The molecule has 0 spiro atoms. The molecule has 1 nitrogen and oxygen atoms in total. The van der Waals surface area contributed by atoms with Gasteiger partial charge in [0.25, 0.3) is 0 Å². The standard InChI is InChI=1S/C15H18O/c16-14(12-6-2-1-3-7-12)15(10-11-15)13-8-4-5-9-13/h1-3,6-7,13H,4-5,8-11H2. The van der Waals surface area contributed by atoms with Gasteiger partial charge in [-0.25, -0.2) is 0 Å². The number of hydrogen-bond donors (Lipinski definition) is 0. The molecule has 0 unspecified atom stereocenters. The first-order valence-electron chi connectivity index (χ1n) is 6.43. The number of hydrogen-bond acceptors (Lipinski definition) is 1. The maximum atomic E-state index is 12.5. The van der Waals surface area contributed by atoms with E-state index in [2.05, 4.69) is 0 Å². The molecule has 1 heteroatoms. The number of carbonyl (C=O) groups excluding carboxylic acids is 1. The quantitative estimate of drug-likeness (QED) is 0.699. The zero-order valence-corrected chi connectivity index (χ0v) is 9.61. The molecule has 0 atom stereocenters. The average Bonchev–Trinajstić information content (AvgIpc) is 2.97. The Labute approximate surface area is 96.9 Å². The highest BCUT2D eigenvalue weighted by atomic mass is 16.1. The molecule has 1 aromatic carbocycles. The van der Waals surface area contributed by atoms with Crippen LogP contribution in [0.1, 0.15) is 48.9 Å². The van der Waals surface area contributed by atoms with Crippen molar-refractivity contribution in [3.05, 3.63) is 35.9 Å². The third-order valence-corrected chi connectivity index (χ3v) is 4.41. The summed E-state index contributed by atoms with van der Waals surface area (Å²) in [5, 5.41) is 0. The number of rotatable bonds is 3. The summed E-state index contributed by atoms with van der Waals surface area (Å²) < 4.78 is 0. The van der Waals surface area contributed by atoms with Crippen molar-refractivity contribution < 1.29 is 4.79 Å². The predicted molar refractivity (Wildman–Crippen MR) is 64.4 cm³/mol. The minimum Gasteiger partial charge on any atom is -0.294 e. The molecular weight excluding hydrogens is 196 g/mol. The first-order valence-corrected chi connectivity index (χ1v) is 6.43. The van der Waals surface area contributed by atoms with E-state index in [0.29, 0.717) is 11.7 Å². The third-order valence-electron chi connectivity index (χ3n) is 4.41. The number of Topliss-reactive ketones (excluding diaryl/α,β-unsaturated/α-hetero) is 1. The van der Waals surface area contributed by atoms with Crippen molar-refractivity contribution in [2.24, 2.45) is 11.3 Å². The van der Waals surface area contributed by atoms with Gasteiger partial charge in [0.1, 0.15) is 0 Å². The number of ketones is 1. The summed E-state index contributed by atoms with van der Waals surface area (Å²) in [6.45, 7) is 0. The SMILES string of the molecule is O=C(c1ccccc1)C1(C2CCCC2)CC1. The van der Waals surface area contributed by atoms with Crippen molar-refractivity contribution >= 4 is 5.78 Å². The van der Waals surface area contributed by atoms with Gasteiger partial charge in [-0.15, -0.1) is 0 Å². The Balaban J connectivity index is 1.85. The minimum atomic E-state index is 0.0534. The molecule has 0 saturated heterocycles. The van der Waals surface area contributed by atoms with Gasteiger partial charge in [0.15, 0.2) is 5.78 Å². The van der Waals surface area contributed by atoms with E-state index in [4.69, 9.17) is 0 Å². The molecule has 2 aliphatic carbocycles. The van der Waals surface area contributed by atoms with Crippen LogP contribution in [-0.4, -0.2) is 5.78 Å². The average molecular weight is 214 g/mol. The second-order valence-corrected chi connectivity index (χ2v) is 5.33. The van der Waals surface area contributed by atoms with Gasteiger partial charge in [-0.05, 0) is 31.6 Å². The van der Waals surface area contributed by atoms with Crippen molar-refractivity contribution in [2.75, 3.05) is 0 Å². The number of benzene rings is 1. The van der Waals surface area contributed by atoms with E-state index in [0.717, 1.165) is 18.4 Å². The zero-order chi connectivity index (χ0) is 11.0. The van der Waals surface area contributed by atoms with Crippen molar-refractivity contribution in [2.45, 2.75) is 38.5 Å². The first kappa shape index (κ1) is 10.1. The van der Waals surface area contributed by atoms with Gasteiger partial charge < -0.3 is 0 Å². The summed E-state index contributed by atoms with van der Waals surface area (Å²) in [5.41, 5.74) is 0.976. The van der Waals surface area contributed by atoms with Crippen LogP contribution < -0.4 is 0 Å². The lowest BCUT2D eigenvalue weighted by Gasteiger charge is -2.21. The van der Waals surface area contributed by atoms with E-state index in [9.17, 15) is 4.79 Å². The Hall–Kier alpha value is -1.11. The largest absolute Gasteiger partial charge is 0.294 e. The third kappa shape index (κ3) is 1.50.